The SMILES string of the molecule is CCOC(=O)c1sc(C(C)NC(=NC)NCC2(Cc3ccccc3)CC2)nc1C.I. The van der Waals surface area contributed by atoms with Crippen molar-refractivity contribution in [2.24, 2.45) is 10.4 Å². The van der Waals surface area contributed by atoms with Gasteiger partial charge in [0.05, 0.1) is 18.3 Å². The van der Waals surface area contributed by atoms with Crippen LogP contribution in [0.4, 0.5) is 0 Å². The Hall–Kier alpha value is -1.68. The van der Waals surface area contributed by atoms with Crippen molar-refractivity contribution in [1.29, 1.82) is 0 Å². The lowest BCUT2D eigenvalue weighted by molar-refractivity contribution is 0.0531. The molecule has 1 aromatic heterocycles. The second-order valence-electron chi connectivity index (χ2n) is 7.64. The maximum absolute atomic E-state index is 12.0. The fourth-order valence-electron chi connectivity index (χ4n) is 3.34. The molecule has 1 fully saturated rings. The molecule has 164 valence electrons. The minimum atomic E-state index is -0.306. The van der Waals surface area contributed by atoms with E-state index in [1.807, 2.05) is 13.8 Å². The van der Waals surface area contributed by atoms with E-state index in [1.54, 1.807) is 14.0 Å². The van der Waals surface area contributed by atoms with E-state index in [2.05, 4.69) is 50.9 Å². The van der Waals surface area contributed by atoms with Gasteiger partial charge >= 0.3 is 5.97 Å². The first kappa shape index (κ1) is 24.6. The highest BCUT2D eigenvalue weighted by molar-refractivity contribution is 14.0. The quantitative estimate of drug-likeness (QED) is 0.223. The molecule has 8 heteroatoms. The zero-order valence-electron chi connectivity index (χ0n) is 18.0. The van der Waals surface area contributed by atoms with Crippen LogP contribution in [0.5, 0.6) is 0 Å². The lowest BCUT2D eigenvalue weighted by Crippen LogP contribution is -2.41. The normalized spacial score (nSPS) is 15.7. The molecule has 2 aromatic rings. The molecule has 6 nitrogen and oxygen atoms in total. The molecule has 0 aliphatic heterocycles. The number of carbonyl (C=O) groups is 1. The Morgan fingerprint density at radius 1 is 1.33 bits per heavy atom. The van der Waals surface area contributed by atoms with Gasteiger partial charge in [0.1, 0.15) is 9.88 Å². The zero-order valence-corrected chi connectivity index (χ0v) is 21.2. The van der Waals surface area contributed by atoms with Gasteiger partial charge in [-0.15, -0.1) is 35.3 Å². The Morgan fingerprint density at radius 2 is 2.03 bits per heavy atom. The highest BCUT2D eigenvalue weighted by atomic mass is 127. The molecule has 0 radical (unpaired) electrons. The van der Waals surface area contributed by atoms with E-state index < -0.39 is 0 Å². The molecule has 0 bridgehead atoms. The minimum Gasteiger partial charge on any atom is -0.462 e. The molecule has 1 saturated carbocycles. The summed E-state index contributed by atoms with van der Waals surface area (Å²) in [7, 11) is 1.77. The van der Waals surface area contributed by atoms with Crippen LogP contribution >= 0.6 is 35.3 Å². The number of guanidine groups is 1. The topological polar surface area (TPSA) is 75.6 Å². The van der Waals surface area contributed by atoms with Crippen molar-refractivity contribution in [1.82, 2.24) is 15.6 Å². The van der Waals surface area contributed by atoms with Crippen LogP contribution in [0, 0.1) is 12.3 Å². The number of aromatic nitrogens is 1. The highest BCUT2D eigenvalue weighted by Crippen LogP contribution is 2.47. The van der Waals surface area contributed by atoms with Crippen LogP contribution in [-0.4, -0.2) is 37.1 Å². The van der Waals surface area contributed by atoms with Gasteiger partial charge < -0.3 is 15.4 Å². The summed E-state index contributed by atoms with van der Waals surface area (Å²) in [6.07, 6.45) is 3.55. The van der Waals surface area contributed by atoms with E-state index in [1.165, 1.54) is 29.7 Å². The summed E-state index contributed by atoms with van der Waals surface area (Å²) in [5.74, 6) is 0.447. The van der Waals surface area contributed by atoms with Crippen molar-refractivity contribution in [3.05, 3.63) is 51.5 Å². The zero-order chi connectivity index (χ0) is 20.9. The van der Waals surface area contributed by atoms with Gasteiger partial charge in [0.15, 0.2) is 5.96 Å². The van der Waals surface area contributed by atoms with Crippen LogP contribution in [0.15, 0.2) is 35.3 Å². The van der Waals surface area contributed by atoms with Crippen molar-refractivity contribution < 1.29 is 9.53 Å². The molecule has 1 aliphatic rings. The number of aliphatic imine (C=N–C) groups is 1. The molecule has 1 aromatic carbocycles. The van der Waals surface area contributed by atoms with E-state index in [9.17, 15) is 4.79 Å². The van der Waals surface area contributed by atoms with Gasteiger partial charge in [-0.25, -0.2) is 9.78 Å². The first-order valence-electron chi connectivity index (χ1n) is 10.1. The lowest BCUT2D eigenvalue weighted by atomic mass is 9.96. The molecular formula is C22H31IN4O2S. The second kappa shape index (κ2) is 11.1. The number of thiazole rings is 1. The van der Waals surface area contributed by atoms with Crippen molar-refractivity contribution in [2.75, 3.05) is 20.2 Å². The number of nitrogens with zero attached hydrogens (tertiary/aromatic N) is 2. The summed E-state index contributed by atoms with van der Waals surface area (Å²) < 4.78 is 5.11. The Bertz CT molecular complexity index is 865. The number of nitrogens with one attached hydrogen (secondary N) is 2. The maximum atomic E-state index is 12.0. The van der Waals surface area contributed by atoms with Crippen LogP contribution in [0.2, 0.25) is 0 Å². The Labute approximate surface area is 200 Å². The molecule has 1 atom stereocenters. The van der Waals surface area contributed by atoms with Gasteiger partial charge in [0.2, 0.25) is 0 Å². The van der Waals surface area contributed by atoms with Crippen LogP contribution in [0.25, 0.3) is 0 Å². The number of carbonyl (C=O) groups excluding carboxylic acids is 1. The Kier molecular flexibility index (Phi) is 9.09. The molecule has 0 spiro atoms. The van der Waals surface area contributed by atoms with Gasteiger partial charge in [-0.2, -0.15) is 0 Å². The first-order valence-corrected chi connectivity index (χ1v) is 10.9. The number of esters is 1. The molecular weight excluding hydrogens is 511 g/mol. The average molecular weight is 542 g/mol. The highest BCUT2D eigenvalue weighted by Gasteiger charge is 2.42. The number of rotatable bonds is 8. The Morgan fingerprint density at radius 3 is 2.63 bits per heavy atom. The van der Waals surface area contributed by atoms with Gasteiger partial charge in [-0.05, 0) is 51.0 Å². The fourth-order valence-corrected chi connectivity index (χ4v) is 4.31. The van der Waals surface area contributed by atoms with E-state index in [0.717, 1.165) is 23.9 Å². The minimum absolute atomic E-state index is 0. The monoisotopic (exact) mass is 542 g/mol. The largest absolute Gasteiger partial charge is 0.462 e. The number of hydrogen-bond acceptors (Lipinski definition) is 5. The van der Waals surface area contributed by atoms with Gasteiger partial charge in [-0.3, -0.25) is 4.99 Å². The smallest absolute Gasteiger partial charge is 0.350 e. The number of ether oxygens (including phenoxy) is 1. The van der Waals surface area contributed by atoms with E-state index in [0.29, 0.717) is 22.6 Å². The number of aryl methyl sites for hydroxylation is 1. The summed E-state index contributed by atoms with van der Waals surface area (Å²) in [6.45, 7) is 6.92. The molecule has 1 unspecified atom stereocenters. The number of benzene rings is 1. The molecule has 0 saturated heterocycles. The second-order valence-corrected chi connectivity index (χ2v) is 8.67. The van der Waals surface area contributed by atoms with Crippen LogP contribution < -0.4 is 10.6 Å². The van der Waals surface area contributed by atoms with Crippen molar-refractivity contribution >= 4 is 47.2 Å². The van der Waals surface area contributed by atoms with Gasteiger partial charge in [0.25, 0.3) is 0 Å². The lowest BCUT2D eigenvalue weighted by Gasteiger charge is -2.20. The van der Waals surface area contributed by atoms with Gasteiger partial charge in [0, 0.05) is 13.6 Å². The average Bonchev–Trinajstić information content (AvgIpc) is 3.36. The van der Waals surface area contributed by atoms with Gasteiger partial charge in [-0.1, -0.05) is 30.3 Å². The van der Waals surface area contributed by atoms with Crippen molar-refractivity contribution in [3.63, 3.8) is 0 Å². The number of hydrogen-bond donors (Lipinski definition) is 2. The van der Waals surface area contributed by atoms with E-state index in [-0.39, 0.29) is 36.0 Å². The summed E-state index contributed by atoms with van der Waals surface area (Å²) >= 11 is 1.37. The van der Waals surface area contributed by atoms with Crippen LogP contribution in [0.1, 0.15) is 58.7 Å². The summed E-state index contributed by atoms with van der Waals surface area (Å²) in [6, 6.07) is 10.6. The summed E-state index contributed by atoms with van der Waals surface area (Å²) in [5.41, 5.74) is 2.41. The van der Waals surface area contributed by atoms with E-state index >= 15 is 0 Å². The predicted molar refractivity (Wildman–Crippen MR) is 133 cm³/mol. The third-order valence-electron chi connectivity index (χ3n) is 5.23. The van der Waals surface area contributed by atoms with Crippen LogP contribution in [0.3, 0.4) is 0 Å². The number of halogens is 1. The third kappa shape index (κ3) is 6.41. The standard InChI is InChI=1S/C22H30N4O2S.HI/c1-5-28-20(27)18-15(2)25-19(29-18)16(3)26-21(23-4)24-14-22(11-12-22)13-17-9-7-6-8-10-17;/h6-10,16H,5,11-14H2,1-4H3,(H2,23,24,26);1H. The molecule has 2 N–H and O–H groups in total. The molecule has 1 heterocycles. The molecule has 3 rings (SSSR count). The molecule has 30 heavy (non-hydrogen) atoms. The fraction of sp³-hybridized carbons (Fsp3) is 0.500. The van der Waals surface area contributed by atoms with E-state index in [4.69, 9.17) is 4.74 Å². The molecule has 1 aliphatic carbocycles. The first-order chi connectivity index (χ1) is 14.0. The maximum Gasteiger partial charge on any atom is 0.350 e. The van der Waals surface area contributed by atoms with Crippen molar-refractivity contribution in [2.45, 2.75) is 46.1 Å². The third-order valence-corrected chi connectivity index (χ3v) is 6.55. The van der Waals surface area contributed by atoms with Crippen LogP contribution in [-0.2, 0) is 11.2 Å². The summed E-state index contributed by atoms with van der Waals surface area (Å²) in [4.78, 5) is 21.5. The van der Waals surface area contributed by atoms with Crippen molar-refractivity contribution in [3.8, 4) is 0 Å². The Balaban J connectivity index is 0.00000320. The predicted octanol–water partition coefficient (Wildman–Crippen LogP) is 4.50. The summed E-state index contributed by atoms with van der Waals surface area (Å²) in [5, 5.41) is 7.72. The molecule has 0 amide bonds.